The Morgan fingerprint density at radius 1 is 1.05 bits per heavy atom. The number of fused-ring (bicyclic) bond motifs is 3. The Morgan fingerprint density at radius 2 is 1.73 bits per heavy atom. The number of hydrogen-bond donors (Lipinski definition) is 3. The van der Waals surface area contributed by atoms with Gasteiger partial charge in [0.2, 0.25) is 5.91 Å². The monoisotopic (exact) mass is 547 g/mol. The van der Waals surface area contributed by atoms with Crippen LogP contribution >= 0.6 is 0 Å². The molecule has 0 saturated heterocycles. The first-order chi connectivity index (χ1) is 18.7. The molecule has 0 aromatic heterocycles. The standard InChI is InChI=1S/C30H33N3O7/c1-13-7-6-8-14(9-13)16-12-19(32(2)3)17-10-15-11-18-23(33(4)5)26(36)22(29(31)39)28(38)30(18,40)27(37)20(15)25(35)21(17)24(16)34/h6-9,12,15,18,20,22-23,34,40H,10-11H2,1-5H3,(H2,31,39)/t15-,18-,20?,22?,23-,30-/m0/s1. The molecule has 0 heterocycles. The zero-order chi connectivity index (χ0) is 29.4. The molecular formula is C30H33N3O7. The SMILES string of the molecule is Cc1cccc(-c2cc(N(C)C)c3c(c2O)C(=O)C2C(=O)[C@]4(O)C(=O)C(C(N)=O)C(=O)[C@@H](N(C)C)[C@@H]4C[C@@H]2C3)c1. The predicted octanol–water partition coefficient (Wildman–Crippen LogP) is 0.908. The number of nitrogens with two attached hydrogens (primary N) is 1. The molecule has 10 nitrogen and oxygen atoms in total. The molecular weight excluding hydrogens is 514 g/mol. The number of nitrogens with zero attached hydrogens (tertiary/aromatic N) is 2. The van der Waals surface area contributed by atoms with Crippen molar-refractivity contribution >= 4 is 34.7 Å². The number of benzene rings is 2. The highest BCUT2D eigenvalue weighted by Crippen LogP contribution is 2.53. The minimum absolute atomic E-state index is 0.0111. The van der Waals surface area contributed by atoms with Gasteiger partial charge in [-0.15, -0.1) is 0 Å². The summed E-state index contributed by atoms with van der Waals surface area (Å²) in [5.41, 5.74) is 5.93. The summed E-state index contributed by atoms with van der Waals surface area (Å²) in [6, 6.07) is 8.11. The Labute approximate surface area is 231 Å². The van der Waals surface area contributed by atoms with Crippen molar-refractivity contribution in [3.63, 3.8) is 0 Å². The fourth-order valence-electron chi connectivity index (χ4n) is 7.08. The summed E-state index contributed by atoms with van der Waals surface area (Å²) in [5, 5.41) is 23.2. The van der Waals surface area contributed by atoms with Gasteiger partial charge in [-0.2, -0.15) is 0 Å². The predicted molar refractivity (Wildman–Crippen MR) is 146 cm³/mol. The molecule has 4 N–H and O–H groups in total. The second-order valence-electron chi connectivity index (χ2n) is 11.7. The summed E-state index contributed by atoms with van der Waals surface area (Å²) in [4.78, 5) is 70.3. The van der Waals surface area contributed by atoms with Gasteiger partial charge in [-0.1, -0.05) is 29.8 Å². The summed E-state index contributed by atoms with van der Waals surface area (Å²) >= 11 is 0. The summed E-state index contributed by atoms with van der Waals surface area (Å²) in [7, 11) is 6.75. The van der Waals surface area contributed by atoms with Gasteiger partial charge in [-0.3, -0.25) is 28.9 Å². The molecule has 2 saturated carbocycles. The van der Waals surface area contributed by atoms with Crippen molar-refractivity contribution in [3.05, 3.63) is 47.0 Å². The number of phenols is 1. The third-order valence-corrected chi connectivity index (χ3v) is 8.85. The van der Waals surface area contributed by atoms with Crippen LogP contribution in [0.2, 0.25) is 0 Å². The maximum atomic E-state index is 14.1. The molecule has 3 aliphatic carbocycles. The lowest BCUT2D eigenvalue weighted by Crippen LogP contribution is -2.74. The van der Waals surface area contributed by atoms with Gasteiger partial charge in [0.25, 0.3) is 0 Å². The van der Waals surface area contributed by atoms with Crippen molar-refractivity contribution in [2.24, 2.45) is 29.4 Å². The van der Waals surface area contributed by atoms with Gasteiger partial charge >= 0.3 is 0 Å². The second-order valence-corrected chi connectivity index (χ2v) is 11.7. The van der Waals surface area contributed by atoms with Crippen molar-refractivity contribution in [3.8, 4) is 16.9 Å². The number of likely N-dealkylation sites (N-methyl/N-ethyl adjacent to an activating group) is 1. The molecule has 2 unspecified atom stereocenters. The van der Waals surface area contributed by atoms with Crippen molar-refractivity contribution in [1.29, 1.82) is 0 Å². The molecule has 3 aliphatic rings. The lowest BCUT2D eigenvalue weighted by molar-refractivity contribution is -0.181. The van der Waals surface area contributed by atoms with E-state index in [1.54, 1.807) is 14.1 Å². The second kappa shape index (κ2) is 9.35. The first-order valence-corrected chi connectivity index (χ1v) is 13.2. The number of Topliss-reactive ketones (excluding diaryl/α,β-unsaturated/α-hetero) is 4. The number of rotatable bonds is 4. The van der Waals surface area contributed by atoms with Crippen LogP contribution in [0, 0.1) is 30.6 Å². The largest absolute Gasteiger partial charge is 0.507 e. The van der Waals surface area contributed by atoms with Crippen LogP contribution in [0.3, 0.4) is 0 Å². The van der Waals surface area contributed by atoms with Crippen molar-refractivity contribution in [2.75, 3.05) is 33.1 Å². The highest BCUT2D eigenvalue weighted by Gasteiger charge is 2.69. The normalized spacial score (nSPS) is 29.6. The van der Waals surface area contributed by atoms with E-state index in [2.05, 4.69) is 0 Å². The minimum Gasteiger partial charge on any atom is -0.507 e. The van der Waals surface area contributed by atoms with Crippen molar-refractivity contribution in [1.82, 2.24) is 4.90 Å². The smallest absolute Gasteiger partial charge is 0.235 e. The summed E-state index contributed by atoms with van der Waals surface area (Å²) in [6.07, 6.45) is 0.220. The van der Waals surface area contributed by atoms with E-state index >= 15 is 0 Å². The molecule has 40 heavy (non-hydrogen) atoms. The van der Waals surface area contributed by atoms with Crippen LogP contribution in [0.4, 0.5) is 5.69 Å². The Hall–Kier alpha value is -3.89. The zero-order valence-electron chi connectivity index (χ0n) is 23.1. The van der Waals surface area contributed by atoms with E-state index in [-0.39, 0.29) is 24.2 Å². The van der Waals surface area contributed by atoms with Gasteiger partial charge in [0.05, 0.1) is 17.5 Å². The van der Waals surface area contributed by atoms with Gasteiger partial charge in [0, 0.05) is 31.3 Å². The molecule has 0 radical (unpaired) electrons. The molecule has 0 aliphatic heterocycles. The number of aromatic hydroxyl groups is 1. The molecule has 2 aromatic carbocycles. The highest BCUT2D eigenvalue weighted by molar-refractivity contribution is 6.32. The first kappa shape index (κ1) is 27.7. The Balaban J connectivity index is 1.69. The quantitative estimate of drug-likeness (QED) is 0.473. The third-order valence-electron chi connectivity index (χ3n) is 8.85. The van der Waals surface area contributed by atoms with Crippen molar-refractivity contribution in [2.45, 2.75) is 31.4 Å². The topological polar surface area (TPSA) is 158 Å². The third kappa shape index (κ3) is 3.73. The van der Waals surface area contributed by atoms with E-state index < -0.39 is 64.4 Å². The number of ketones is 4. The molecule has 1 amide bonds. The van der Waals surface area contributed by atoms with Crippen LogP contribution in [-0.2, 0) is 25.6 Å². The summed E-state index contributed by atoms with van der Waals surface area (Å²) in [6.45, 7) is 1.91. The van der Waals surface area contributed by atoms with E-state index in [9.17, 15) is 34.2 Å². The van der Waals surface area contributed by atoms with Crippen LogP contribution in [0.25, 0.3) is 11.1 Å². The van der Waals surface area contributed by atoms with E-state index in [0.717, 1.165) is 5.56 Å². The number of carbonyl (C=O) groups is 5. The average molecular weight is 548 g/mol. The fraction of sp³-hybridized carbons (Fsp3) is 0.433. The van der Waals surface area contributed by atoms with Gasteiger partial charge in [-0.25, -0.2) is 0 Å². The number of phenolic OH excluding ortho intramolecular Hbond substituents is 1. The van der Waals surface area contributed by atoms with E-state index in [0.29, 0.717) is 22.4 Å². The zero-order valence-corrected chi connectivity index (χ0v) is 23.1. The lowest BCUT2D eigenvalue weighted by Gasteiger charge is -2.52. The van der Waals surface area contributed by atoms with Gasteiger partial charge in [-0.05, 0) is 57.0 Å². The Kier molecular flexibility index (Phi) is 6.47. The fourth-order valence-corrected chi connectivity index (χ4v) is 7.08. The van der Waals surface area contributed by atoms with Gasteiger partial charge in [0.15, 0.2) is 34.7 Å². The Bertz CT molecular complexity index is 1500. The van der Waals surface area contributed by atoms with Gasteiger partial charge in [0.1, 0.15) is 5.75 Å². The maximum absolute atomic E-state index is 14.1. The summed E-state index contributed by atoms with van der Waals surface area (Å²) in [5.74, 6) is -10.5. The number of anilines is 1. The summed E-state index contributed by atoms with van der Waals surface area (Å²) < 4.78 is 0. The lowest BCUT2D eigenvalue weighted by atomic mass is 9.52. The van der Waals surface area contributed by atoms with Crippen molar-refractivity contribution < 1.29 is 34.2 Å². The van der Waals surface area contributed by atoms with Crippen LogP contribution in [0.15, 0.2) is 30.3 Å². The highest BCUT2D eigenvalue weighted by atomic mass is 16.3. The maximum Gasteiger partial charge on any atom is 0.235 e. The molecule has 2 fully saturated rings. The van der Waals surface area contributed by atoms with Crippen LogP contribution in [0.5, 0.6) is 5.75 Å². The molecule has 10 heteroatoms. The number of primary amides is 1. The molecule has 2 aromatic rings. The van der Waals surface area contributed by atoms with E-state index in [4.69, 9.17) is 5.73 Å². The average Bonchev–Trinajstić information content (AvgIpc) is 2.85. The number of carbonyl (C=O) groups excluding carboxylic acids is 5. The first-order valence-electron chi connectivity index (χ1n) is 13.2. The molecule has 0 bridgehead atoms. The molecule has 6 atom stereocenters. The number of aryl methyl sites for hydroxylation is 1. The van der Waals surface area contributed by atoms with Crippen LogP contribution in [0.1, 0.15) is 27.9 Å². The Morgan fingerprint density at radius 3 is 2.30 bits per heavy atom. The number of amides is 1. The van der Waals surface area contributed by atoms with Crippen LogP contribution in [-0.4, -0.2) is 84.0 Å². The number of aliphatic hydroxyl groups is 1. The molecule has 210 valence electrons. The minimum atomic E-state index is -2.75. The molecule has 5 rings (SSSR count). The van der Waals surface area contributed by atoms with E-state index in [1.807, 2.05) is 56.3 Å². The van der Waals surface area contributed by atoms with Crippen LogP contribution < -0.4 is 10.6 Å². The van der Waals surface area contributed by atoms with Gasteiger partial charge < -0.3 is 20.8 Å². The van der Waals surface area contributed by atoms with E-state index in [1.165, 1.54) is 4.90 Å². The number of hydrogen-bond acceptors (Lipinski definition) is 9. The molecule has 0 spiro atoms.